The maximum atomic E-state index is 6.03. The van der Waals surface area contributed by atoms with Gasteiger partial charge in [-0.15, -0.1) is 0 Å². The third-order valence-electron chi connectivity index (χ3n) is 3.91. The van der Waals surface area contributed by atoms with Crippen molar-refractivity contribution in [1.29, 1.82) is 0 Å². The lowest BCUT2D eigenvalue weighted by molar-refractivity contribution is 0.390. The fourth-order valence-electron chi connectivity index (χ4n) is 2.61. The van der Waals surface area contributed by atoms with Crippen LogP contribution in [0.4, 0.5) is 0 Å². The van der Waals surface area contributed by atoms with Gasteiger partial charge in [-0.25, -0.2) is 9.66 Å². The van der Waals surface area contributed by atoms with Crippen LogP contribution in [0.5, 0.6) is 5.75 Å². The van der Waals surface area contributed by atoms with Gasteiger partial charge in [0.25, 0.3) is 0 Å². The highest BCUT2D eigenvalue weighted by Crippen LogP contribution is 2.29. The summed E-state index contributed by atoms with van der Waals surface area (Å²) in [7, 11) is 1.61. The molecule has 0 aliphatic carbocycles. The maximum absolute atomic E-state index is 6.03. The van der Waals surface area contributed by atoms with Gasteiger partial charge in [-0.05, 0) is 12.1 Å². The van der Waals surface area contributed by atoms with Gasteiger partial charge in [-0.3, -0.25) is 0 Å². The normalized spacial score (nSPS) is 10.9. The molecule has 0 aliphatic heterocycles. The van der Waals surface area contributed by atoms with E-state index in [0.29, 0.717) is 28.4 Å². The Morgan fingerprint density at radius 2 is 1.85 bits per heavy atom. The lowest BCUT2D eigenvalue weighted by atomic mass is 10.2. The van der Waals surface area contributed by atoms with Crippen LogP contribution >= 0.6 is 11.8 Å². The second kappa shape index (κ2) is 7.55. The predicted molar refractivity (Wildman–Crippen MR) is 104 cm³/mol. The van der Waals surface area contributed by atoms with Crippen molar-refractivity contribution in [3.05, 3.63) is 66.7 Å². The molecule has 0 saturated heterocycles. The Kier molecular flexibility index (Phi) is 4.80. The fraction of sp³-hybridized carbons (Fsp3) is 0.105. The number of hydrogen-bond acceptors (Lipinski definition) is 7. The van der Waals surface area contributed by atoms with Gasteiger partial charge in [0.15, 0.2) is 5.16 Å². The first-order valence-corrected chi connectivity index (χ1v) is 9.22. The fourth-order valence-corrected chi connectivity index (χ4v) is 3.34. The summed E-state index contributed by atoms with van der Waals surface area (Å²) < 4.78 is 12.2. The number of imidazole rings is 1. The summed E-state index contributed by atoms with van der Waals surface area (Å²) >= 11 is 1.43. The number of nitrogen functional groups attached to an aromatic ring is 1. The van der Waals surface area contributed by atoms with Gasteiger partial charge in [-0.2, -0.15) is 4.98 Å². The molecule has 0 amide bonds. The average molecular weight is 379 g/mol. The van der Waals surface area contributed by atoms with E-state index in [1.807, 2.05) is 54.6 Å². The second-order valence-electron chi connectivity index (χ2n) is 5.68. The zero-order valence-electron chi connectivity index (χ0n) is 14.6. The van der Waals surface area contributed by atoms with E-state index in [9.17, 15) is 0 Å². The summed E-state index contributed by atoms with van der Waals surface area (Å²) in [6.07, 6.45) is 1.80. The maximum Gasteiger partial charge on any atom is 0.237 e. The van der Waals surface area contributed by atoms with Crippen molar-refractivity contribution >= 4 is 11.8 Å². The highest BCUT2D eigenvalue weighted by molar-refractivity contribution is 7.98. The summed E-state index contributed by atoms with van der Waals surface area (Å²) in [5, 5.41) is 4.72. The van der Waals surface area contributed by atoms with Crippen LogP contribution in [-0.2, 0) is 5.75 Å². The Hall–Kier alpha value is -3.26. The summed E-state index contributed by atoms with van der Waals surface area (Å²) in [5.41, 5.74) is 2.62. The smallest absolute Gasteiger partial charge is 0.237 e. The van der Waals surface area contributed by atoms with E-state index in [1.54, 1.807) is 13.3 Å². The third kappa shape index (κ3) is 3.65. The zero-order chi connectivity index (χ0) is 18.6. The van der Waals surface area contributed by atoms with Crippen molar-refractivity contribution in [2.24, 2.45) is 0 Å². The van der Waals surface area contributed by atoms with E-state index in [-0.39, 0.29) is 0 Å². The van der Waals surface area contributed by atoms with Gasteiger partial charge in [0.05, 0.1) is 30.3 Å². The van der Waals surface area contributed by atoms with Gasteiger partial charge in [0.1, 0.15) is 5.75 Å². The first-order valence-electron chi connectivity index (χ1n) is 8.23. The van der Waals surface area contributed by atoms with E-state index in [2.05, 4.69) is 15.1 Å². The Bertz CT molecular complexity index is 1050. The lowest BCUT2D eigenvalue weighted by Crippen LogP contribution is -2.07. The highest BCUT2D eigenvalue weighted by atomic mass is 32.2. The summed E-state index contributed by atoms with van der Waals surface area (Å²) in [4.78, 5) is 9.02. The number of rotatable bonds is 6. The Morgan fingerprint density at radius 3 is 2.67 bits per heavy atom. The Labute approximate surface area is 160 Å². The lowest BCUT2D eigenvalue weighted by Gasteiger charge is -2.03. The first-order chi connectivity index (χ1) is 13.2. The molecular weight excluding hydrogens is 362 g/mol. The largest absolute Gasteiger partial charge is 0.496 e. The van der Waals surface area contributed by atoms with Gasteiger partial charge >= 0.3 is 0 Å². The number of benzene rings is 2. The number of methoxy groups -OCH3 is 1. The number of nitrogens with zero attached hydrogens (tertiary/aromatic N) is 4. The second-order valence-corrected chi connectivity index (χ2v) is 6.63. The van der Waals surface area contributed by atoms with Gasteiger partial charge in [0, 0.05) is 5.56 Å². The summed E-state index contributed by atoms with van der Waals surface area (Å²) in [6.45, 7) is 0. The molecule has 2 aromatic heterocycles. The summed E-state index contributed by atoms with van der Waals surface area (Å²) in [6, 6.07) is 17.4. The molecule has 0 fully saturated rings. The minimum atomic E-state index is 0.463. The van der Waals surface area contributed by atoms with Crippen LogP contribution in [0, 0.1) is 0 Å². The van der Waals surface area contributed by atoms with Crippen LogP contribution in [0.25, 0.3) is 22.6 Å². The molecule has 7 nitrogen and oxygen atoms in total. The topological polar surface area (TPSA) is 92.0 Å². The van der Waals surface area contributed by atoms with Crippen molar-refractivity contribution in [2.75, 3.05) is 13.0 Å². The van der Waals surface area contributed by atoms with E-state index in [0.717, 1.165) is 16.8 Å². The van der Waals surface area contributed by atoms with Crippen molar-refractivity contribution in [3.8, 4) is 28.4 Å². The molecule has 0 radical (unpaired) electrons. The van der Waals surface area contributed by atoms with Crippen molar-refractivity contribution < 1.29 is 9.26 Å². The number of thioether (sulfide) groups is 1. The van der Waals surface area contributed by atoms with Crippen LogP contribution in [0.1, 0.15) is 5.89 Å². The van der Waals surface area contributed by atoms with Gasteiger partial charge in [0.2, 0.25) is 11.7 Å². The number of aromatic nitrogens is 4. The molecule has 4 rings (SSSR count). The molecule has 2 N–H and O–H groups in total. The predicted octanol–water partition coefficient (Wildman–Crippen LogP) is 3.61. The van der Waals surface area contributed by atoms with Crippen LogP contribution in [0.15, 0.2) is 70.5 Å². The third-order valence-corrected chi connectivity index (χ3v) is 4.86. The standard InChI is InChI=1S/C19H17N5O2S/c1-25-16-10-6-5-9-14(16)18-22-17(26-23-18)12-27-19-21-15(11-24(19)20)13-7-3-2-4-8-13/h2-11H,12,20H2,1H3. The molecule has 8 heteroatoms. The number of nitrogens with two attached hydrogens (primary N) is 1. The molecule has 0 atom stereocenters. The molecule has 4 aromatic rings. The van der Waals surface area contributed by atoms with Crippen molar-refractivity contribution in [1.82, 2.24) is 19.8 Å². The highest BCUT2D eigenvalue weighted by Gasteiger charge is 2.15. The van der Waals surface area contributed by atoms with Crippen molar-refractivity contribution in [3.63, 3.8) is 0 Å². The van der Waals surface area contributed by atoms with E-state index >= 15 is 0 Å². The van der Waals surface area contributed by atoms with Gasteiger partial charge in [-0.1, -0.05) is 59.4 Å². The Morgan fingerprint density at radius 1 is 1.07 bits per heavy atom. The van der Waals surface area contributed by atoms with E-state index < -0.39 is 0 Å². The van der Waals surface area contributed by atoms with E-state index in [4.69, 9.17) is 15.1 Å². The SMILES string of the molecule is COc1ccccc1-c1noc(CSc2nc(-c3ccccc3)cn2N)n1. The molecule has 0 unspecified atom stereocenters. The first kappa shape index (κ1) is 17.2. The average Bonchev–Trinajstić information content (AvgIpc) is 3.33. The number of para-hydroxylation sites is 1. The molecule has 27 heavy (non-hydrogen) atoms. The zero-order valence-corrected chi connectivity index (χ0v) is 15.4. The minimum Gasteiger partial charge on any atom is -0.496 e. The monoisotopic (exact) mass is 379 g/mol. The quantitative estimate of drug-likeness (QED) is 0.404. The molecular formula is C19H17N5O2S. The molecule has 2 aromatic carbocycles. The van der Waals surface area contributed by atoms with Crippen LogP contribution < -0.4 is 10.6 Å². The van der Waals surface area contributed by atoms with Crippen LogP contribution in [-0.4, -0.2) is 26.9 Å². The molecule has 0 saturated carbocycles. The molecule has 0 spiro atoms. The summed E-state index contributed by atoms with van der Waals surface area (Å²) in [5.74, 6) is 8.17. The van der Waals surface area contributed by atoms with Gasteiger partial charge < -0.3 is 15.1 Å². The molecule has 0 aliphatic rings. The van der Waals surface area contributed by atoms with Crippen LogP contribution in [0.2, 0.25) is 0 Å². The minimum absolute atomic E-state index is 0.463. The van der Waals surface area contributed by atoms with Crippen LogP contribution in [0.3, 0.4) is 0 Å². The Balaban J connectivity index is 1.49. The number of ether oxygens (including phenoxy) is 1. The molecule has 0 bridgehead atoms. The molecule has 2 heterocycles. The van der Waals surface area contributed by atoms with Crippen molar-refractivity contribution in [2.45, 2.75) is 10.9 Å². The molecule has 136 valence electrons. The van der Waals surface area contributed by atoms with E-state index in [1.165, 1.54) is 16.4 Å². The number of hydrogen-bond donors (Lipinski definition) is 1.